The third-order valence-electron chi connectivity index (χ3n) is 5.41. The maximum atomic E-state index is 4.38. The predicted octanol–water partition coefficient (Wildman–Crippen LogP) is 8.75. The molecule has 0 amide bonds. The molecule has 0 radical (unpaired) electrons. The minimum Gasteiger partial charge on any atom is -0.308 e. The van der Waals surface area contributed by atoms with Crippen LogP contribution in [0.5, 0.6) is 0 Å². The number of nitrogens with zero attached hydrogens (tertiary/aromatic N) is 2. The van der Waals surface area contributed by atoms with Gasteiger partial charge >= 0.3 is 0 Å². The van der Waals surface area contributed by atoms with Crippen LogP contribution in [0.15, 0.2) is 154 Å². The van der Waals surface area contributed by atoms with Gasteiger partial charge in [-0.05, 0) is 54.1 Å². The molecule has 0 atom stereocenters. The monoisotopic (exact) mass is 471 g/mol. The van der Waals surface area contributed by atoms with Crippen molar-refractivity contribution in [3.63, 3.8) is 0 Å². The van der Waals surface area contributed by atoms with E-state index >= 15 is 0 Å². The highest BCUT2D eigenvalue weighted by Gasteiger charge is 2.24. The molecule has 0 fully saturated rings. The van der Waals surface area contributed by atoms with Crippen LogP contribution in [0.25, 0.3) is 0 Å². The molecule has 4 heteroatoms. The first-order valence-electron chi connectivity index (χ1n) is 11.5. The molecule has 0 spiro atoms. The number of fused-ring (bicyclic) bond motifs is 2. The molecule has 170 valence electrons. The Bertz CT molecular complexity index is 1360. The van der Waals surface area contributed by atoms with E-state index in [1.807, 2.05) is 79.0 Å². The summed E-state index contributed by atoms with van der Waals surface area (Å²) in [6.45, 7) is 0. The topological polar surface area (TPSA) is 27.6 Å². The summed E-state index contributed by atoms with van der Waals surface area (Å²) in [5.41, 5.74) is 8.67. The van der Waals surface area contributed by atoms with Crippen LogP contribution in [0.3, 0.4) is 0 Å². The minimum absolute atomic E-state index is 0.972. The Morgan fingerprint density at radius 2 is 1.14 bits per heavy atom. The van der Waals surface area contributed by atoms with E-state index in [9.17, 15) is 0 Å². The van der Waals surface area contributed by atoms with E-state index < -0.39 is 0 Å². The number of benzene rings is 5. The number of anilines is 4. The van der Waals surface area contributed by atoms with Crippen molar-refractivity contribution in [1.29, 1.82) is 0 Å². The number of hydrogen-bond acceptors (Lipinski definition) is 4. The summed E-state index contributed by atoms with van der Waals surface area (Å²) in [6.07, 6.45) is 1.86. The lowest BCUT2D eigenvalue weighted by molar-refractivity contribution is 1.16. The summed E-state index contributed by atoms with van der Waals surface area (Å²) in [5.74, 6) is 0. The van der Waals surface area contributed by atoms with Gasteiger partial charge in [-0.25, -0.2) is 0 Å². The molecule has 0 saturated carbocycles. The van der Waals surface area contributed by atoms with Gasteiger partial charge in [0.15, 0.2) is 0 Å². The van der Waals surface area contributed by atoms with E-state index in [0.717, 1.165) is 16.9 Å². The molecule has 1 N–H and O–H groups in total. The number of nitrogens with one attached hydrogen (secondary N) is 1. The fraction of sp³-hybridized carbons (Fsp3) is 0. The van der Waals surface area contributed by atoms with E-state index in [1.54, 1.807) is 11.8 Å². The van der Waals surface area contributed by atoms with Crippen molar-refractivity contribution in [3.05, 3.63) is 145 Å². The van der Waals surface area contributed by atoms with Gasteiger partial charge in [-0.1, -0.05) is 103 Å². The van der Waals surface area contributed by atoms with E-state index in [-0.39, 0.29) is 0 Å². The highest BCUT2D eigenvalue weighted by Crippen LogP contribution is 2.51. The Morgan fingerprint density at radius 3 is 1.86 bits per heavy atom. The second-order valence-corrected chi connectivity index (χ2v) is 8.94. The van der Waals surface area contributed by atoms with E-state index in [1.165, 1.54) is 21.2 Å². The Hall–Kier alpha value is -4.28. The standard InChI is InChI=1S/C25H19N3S.C6H6/c1-3-9-20(10-4-1)27-26-18-19-15-16-23-25(17-19)29-24-14-8-7-13-22(24)28(23)21-11-5-2-6-12-21;1-2-4-6-5-3-1/h1-18,27H;1-6H. The van der Waals surface area contributed by atoms with Crippen LogP contribution in [-0.2, 0) is 0 Å². The fourth-order valence-electron chi connectivity index (χ4n) is 3.79. The first-order chi connectivity index (χ1) is 17.4. The number of para-hydroxylation sites is 3. The van der Waals surface area contributed by atoms with Gasteiger partial charge in [-0.2, -0.15) is 5.10 Å². The molecular weight excluding hydrogens is 446 g/mol. The molecule has 5 aromatic carbocycles. The minimum atomic E-state index is 0.972. The van der Waals surface area contributed by atoms with E-state index in [0.29, 0.717) is 0 Å². The largest absolute Gasteiger partial charge is 0.308 e. The molecule has 35 heavy (non-hydrogen) atoms. The molecule has 3 nitrogen and oxygen atoms in total. The fourth-order valence-corrected chi connectivity index (χ4v) is 4.89. The van der Waals surface area contributed by atoms with Crippen molar-refractivity contribution in [2.45, 2.75) is 9.79 Å². The predicted molar refractivity (Wildman–Crippen MR) is 149 cm³/mol. The second kappa shape index (κ2) is 11.2. The number of hydrazone groups is 1. The number of hydrogen-bond donors (Lipinski definition) is 1. The van der Waals surface area contributed by atoms with Crippen LogP contribution >= 0.6 is 11.8 Å². The zero-order valence-electron chi connectivity index (χ0n) is 19.2. The van der Waals surface area contributed by atoms with Crippen LogP contribution in [-0.4, -0.2) is 6.21 Å². The van der Waals surface area contributed by atoms with Crippen LogP contribution in [0.1, 0.15) is 5.56 Å². The number of rotatable bonds is 4. The Kier molecular flexibility index (Phi) is 7.22. The normalized spacial score (nSPS) is 11.7. The molecule has 6 rings (SSSR count). The van der Waals surface area contributed by atoms with Crippen LogP contribution < -0.4 is 10.3 Å². The Labute approximate surface area is 210 Å². The van der Waals surface area contributed by atoms with Crippen LogP contribution in [0.4, 0.5) is 22.7 Å². The zero-order chi connectivity index (χ0) is 23.7. The van der Waals surface area contributed by atoms with Crippen molar-refractivity contribution >= 4 is 40.7 Å². The zero-order valence-corrected chi connectivity index (χ0v) is 20.0. The molecule has 0 saturated heterocycles. The van der Waals surface area contributed by atoms with Gasteiger partial charge in [-0.3, -0.25) is 5.43 Å². The maximum Gasteiger partial charge on any atom is 0.0602 e. The summed E-state index contributed by atoms with van der Waals surface area (Å²) >= 11 is 1.80. The summed E-state index contributed by atoms with van der Waals surface area (Å²) in [7, 11) is 0. The highest BCUT2D eigenvalue weighted by atomic mass is 32.2. The maximum absolute atomic E-state index is 4.38. The first kappa shape index (κ1) is 22.5. The second-order valence-electron chi connectivity index (χ2n) is 7.86. The SMILES string of the molecule is C(=NNc1ccccc1)c1ccc2c(c1)Sc1ccccc1N2c1ccccc1.c1ccccc1. The smallest absolute Gasteiger partial charge is 0.0602 e. The highest BCUT2D eigenvalue weighted by molar-refractivity contribution is 7.99. The van der Waals surface area contributed by atoms with Gasteiger partial charge in [0.05, 0.1) is 23.3 Å². The average Bonchev–Trinajstić information content (AvgIpc) is 2.94. The van der Waals surface area contributed by atoms with E-state index in [2.05, 4.69) is 82.2 Å². The molecule has 1 aliphatic heterocycles. The Morgan fingerprint density at radius 1 is 0.571 bits per heavy atom. The Balaban J connectivity index is 0.000000371. The summed E-state index contributed by atoms with van der Waals surface area (Å²) in [5, 5.41) is 4.38. The van der Waals surface area contributed by atoms with Gasteiger partial charge in [-0.15, -0.1) is 0 Å². The molecule has 1 aliphatic rings. The van der Waals surface area contributed by atoms with Gasteiger partial charge in [0, 0.05) is 15.5 Å². The third kappa shape index (κ3) is 5.62. The lowest BCUT2D eigenvalue weighted by Gasteiger charge is -2.33. The van der Waals surface area contributed by atoms with Gasteiger partial charge < -0.3 is 4.90 Å². The molecule has 0 unspecified atom stereocenters. The van der Waals surface area contributed by atoms with Gasteiger partial charge in [0.1, 0.15) is 0 Å². The van der Waals surface area contributed by atoms with Crippen molar-refractivity contribution in [3.8, 4) is 0 Å². The van der Waals surface area contributed by atoms with Crippen molar-refractivity contribution < 1.29 is 0 Å². The third-order valence-corrected chi connectivity index (χ3v) is 6.52. The van der Waals surface area contributed by atoms with Gasteiger partial charge in [0.2, 0.25) is 0 Å². The summed E-state index contributed by atoms with van der Waals surface area (Å²) in [4.78, 5) is 4.79. The molecular formula is C31H25N3S. The molecule has 5 aromatic rings. The molecule has 0 aliphatic carbocycles. The summed E-state index contributed by atoms with van der Waals surface area (Å²) < 4.78 is 0. The van der Waals surface area contributed by atoms with Crippen LogP contribution in [0.2, 0.25) is 0 Å². The van der Waals surface area contributed by atoms with Crippen molar-refractivity contribution in [2.75, 3.05) is 10.3 Å². The first-order valence-corrected chi connectivity index (χ1v) is 12.3. The average molecular weight is 472 g/mol. The van der Waals surface area contributed by atoms with Gasteiger partial charge in [0.25, 0.3) is 0 Å². The summed E-state index contributed by atoms with van der Waals surface area (Å²) in [6, 6.07) is 47.5. The molecule has 1 heterocycles. The lowest BCUT2D eigenvalue weighted by atomic mass is 10.1. The van der Waals surface area contributed by atoms with Crippen molar-refractivity contribution in [1.82, 2.24) is 0 Å². The van der Waals surface area contributed by atoms with E-state index in [4.69, 9.17) is 0 Å². The quantitative estimate of drug-likeness (QED) is 0.206. The van der Waals surface area contributed by atoms with Crippen LogP contribution in [0, 0.1) is 0 Å². The molecule has 0 aromatic heterocycles. The molecule has 0 bridgehead atoms. The van der Waals surface area contributed by atoms with Crippen molar-refractivity contribution in [2.24, 2.45) is 5.10 Å². The lowest BCUT2D eigenvalue weighted by Crippen LogP contribution is -2.14.